The summed E-state index contributed by atoms with van der Waals surface area (Å²) >= 11 is 0. The van der Waals surface area contributed by atoms with Crippen LogP contribution >= 0.6 is 0 Å². The number of aryl methyl sites for hydroxylation is 1. The monoisotopic (exact) mass is 560 g/mol. The van der Waals surface area contributed by atoms with Crippen molar-refractivity contribution < 1.29 is 9.59 Å². The van der Waals surface area contributed by atoms with E-state index in [-0.39, 0.29) is 5.78 Å². The van der Waals surface area contributed by atoms with E-state index in [1.165, 1.54) is 95.2 Å². The Labute approximate surface area is 250 Å². The minimum absolute atomic E-state index is 0.167. The van der Waals surface area contributed by atoms with Crippen molar-refractivity contribution in [3.63, 3.8) is 0 Å². The molecule has 0 atom stereocenters. The van der Waals surface area contributed by atoms with Gasteiger partial charge in [-0.25, -0.2) is 0 Å². The molecule has 42 heavy (non-hydrogen) atoms. The molecule has 4 nitrogen and oxygen atoms in total. The zero-order valence-electron chi connectivity index (χ0n) is 25.9. The van der Waals surface area contributed by atoms with E-state index in [9.17, 15) is 4.79 Å². The highest BCUT2D eigenvalue weighted by atomic mass is 16.1. The van der Waals surface area contributed by atoms with Gasteiger partial charge in [0.05, 0.1) is 0 Å². The summed E-state index contributed by atoms with van der Waals surface area (Å²) in [6.07, 6.45) is 7.78. The van der Waals surface area contributed by atoms with E-state index in [1.54, 1.807) is 5.56 Å². The smallest absolute Gasteiger partial charge is 0.126 e. The predicted octanol–water partition coefficient (Wildman–Crippen LogP) is 9.46. The molecule has 4 aromatic carbocycles. The molecule has 218 valence electrons. The highest BCUT2D eigenvalue weighted by molar-refractivity contribution is 6.11. The molecular formula is C38H44N2O2. The van der Waals surface area contributed by atoms with E-state index in [4.69, 9.17) is 4.79 Å². The molecule has 5 aromatic rings. The molecule has 1 heterocycles. The van der Waals surface area contributed by atoms with Crippen molar-refractivity contribution in [1.82, 2.24) is 4.57 Å². The SMILES string of the molecule is C=O.CC(C)=O.CCn1c2ccc(Cc3ccc(C4CCCCC4)c4ccccc34)cc2c2cc(C(C)=NC)ccc21. The fourth-order valence-electron chi connectivity index (χ4n) is 6.48. The van der Waals surface area contributed by atoms with E-state index >= 15 is 0 Å². The Bertz CT molecular complexity index is 1720. The maximum absolute atomic E-state index is 9.44. The van der Waals surface area contributed by atoms with Gasteiger partial charge >= 0.3 is 0 Å². The van der Waals surface area contributed by atoms with Gasteiger partial charge in [-0.2, -0.15) is 0 Å². The Morgan fingerprint density at radius 2 is 1.43 bits per heavy atom. The first-order chi connectivity index (χ1) is 20.4. The molecule has 4 heteroatoms. The van der Waals surface area contributed by atoms with E-state index < -0.39 is 0 Å². The van der Waals surface area contributed by atoms with Gasteiger partial charge in [-0.1, -0.05) is 67.8 Å². The first-order valence-electron chi connectivity index (χ1n) is 15.2. The Hall–Kier alpha value is -4.05. The largest absolute Gasteiger partial charge is 0.341 e. The van der Waals surface area contributed by atoms with Gasteiger partial charge in [-0.15, -0.1) is 0 Å². The van der Waals surface area contributed by atoms with Gasteiger partial charge in [0.25, 0.3) is 0 Å². The van der Waals surface area contributed by atoms with E-state index in [1.807, 2.05) is 13.8 Å². The van der Waals surface area contributed by atoms with Crippen molar-refractivity contribution in [2.24, 2.45) is 4.99 Å². The lowest BCUT2D eigenvalue weighted by atomic mass is 9.81. The number of fused-ring (bicyclic) bond motifs is 4. The average molecular weight is 561 g/mol. The standard InChI is InChI=1S/C34H36N2.C3H6O.CH2O/c1-4-36-33-18-14-24(21-31(33)32-22-26(23(2)35-3)16-19-34(32)36)20-27-15-17-29(25-10-6-5-7-11-25)30-13-9-8-12-28(27)30;1-3(2)4;1-2/h8-9,12-19,21-22,25H,4-7,10-11,20H2,1-3H3;1-2H3;1H2. The number of hydrogen-bond acceptors (Lipinski definition) is 3. The van der Waals surface area contributed by atoms with Crippen molar-refractivity contribution >= 4 is 50.9 Å². The lowest BCUT2D eigenvalue weighted by Gasteiger charge is -2.24. The third-order valence-corrected chi connectivity index (χ3v) is 8.49. The van der Waals surface area contributed by atoms with E-state index in [0.717, 1.165) is 24.6 Å². The maximum Gasteiger partial charge on any atom is 0.126 e. The normalized spacial score (nSPS) is 13.9. The first-order valence-corrected chi connectivity index (χ1v) is 15.2. The number of nitrogens with zero attached hydrogens (tertiary/aromatic N) is 2. The van der Waals surface area contributed by atoms with Gasteiger partial charge in [0.15, 0.2) is 0 Å². The van der Waals surface area contributed by atoms with Crippen molar-refractivity contribution in [2.75, 3.05) is 7.05 Å². The zero-order chi connectivity index (χ0) is 30.2. The third kappa shape index (κ3) is 6.54. The minimum Gasteiger partial charge on any atom is -0.341 e. The molecule has 1 aliphatic rings. The average Bonchev–Trinajstić information content (AvgIpc) is 3.34. The lowest BCUT2D eigenvalue weighted by Crippen LogP contribution is -2.05. The molecule has 0 saturated heterocycles. The predicted molar refractivity (Wildman–Crippen MR) is 179 cm³/mol. The number of carbonyl (C=O) groups is 2. The summed E-state index contributed by atoms with van der Waals surface area (Å²) in [5.74, 6) is 0.888. The van der Waals surface area contributed by atoms with Gasteiger partial charge in [0.2, 0.25) is 0 Å². The van der Waals surface area contributed by atoms with Crippen LogP contribution in [0.4, 0.5) is 0 Å². The zero-order valence-corrected chi connectivity index (χ0v) is 25.9. The van der Waals surface area contributed by atoms with Gasteiger partial charge in [-0.3, -0.25) is 4.99 Å². The van der Waals surface area contributed by atoms with Crippen LogP contribution in [0.2, 0.25) is 0 Å². The summed E-state index contributed by atoms with van der Waals surface area (Å²) in [6, 6.07) is 27.8. The summed E-state index contributed by atoms with van der Waals surface area (Å²) in [6.45, 7) is 10.3. The van der Waals surface area contributed by atoms with Crippen molar-refractivity contribution in [1.29, 1.82) is 0 Å². The summed E-state index contributed by atoms with van der Waals surface area (Å²) < 4.78 is 2.44. The molecule has 0 N–H and O–H groups in total. The molecule has 0 amide bonds. The molecule has 0 radical (unpaired) electrons. The van der Waals surface area contributed by atoms with Crippen LogP contribution in [0.3, 0.4) is 0 Å². The molecule has 6 rings (SSSR count). The summed E-state index contributed by atoms with van der Waals surface area (Å²) in [5, 5.41) is 5.56. The molecule has 0 unspecified atom stereocenters. The van der Waals surface area contributed by atoms with Gasteiger partial charge in [0.1, 0.15) is 12.6 Å². The molecule has 1 aliphatic carbocycles. The van der Waals surface area contributed by atoms with E-state index in [0.29, 0.717) is 0 Å². The minimum atomic E-state index is 0.167. The molecule has 1 saturated carbocycles. The van der Waals surface area contributed by atoms with Crippen LogP contribution in [-0.4, -0.2) is 29.9 Å². The summed E-state index contributed by atoms with van der Waals surface area (Å²) in [7, 11) is 1.87. The van der Waals surface area contributed by atoms with Crippen LogP contribution in [0.5, 0.6) is 0 Å². The molecule has 1 aromatic heterocycles. The second-order valence-electron chi connectivity index (χ2n) is 11.4. The van der Waals surface area contributed by atoms with Gasteiger partial charge in [0, 0.05) is 41.1 Å². The fraction of sp³-hybridized carbons (Fsp3) is 0.342. The number of aliphatic imine (C=N–C) groups is 1. The molecule has 0 bridgehead atoms. The number of rotatable bonds is 5. The molecule has 1 fully saturated rings. The molecular weight excluding hydrogens is 516 g/mol. The number of ketones is 1. The second-order valence-corrected chi connectivity index (χ2v) is 11.4. The van der Waals surface area contributed by atoms with Crippen LogP contribution in [0.1, 0.15) is 88.0 Å². The summed E-state index contributed by atoms with van der Waals surface area (Å²) in [5.41, 5.74) is 9.27. The molecule has 0 spiro atoms. The maximum atomic E-state index is 9.44. The number of Topliss-reactive ketones (excluding diaryl/α,β-unsaturated/α-hetero) is 1. The number of hydrogen-bond donors (Lipinski definition) is 0. The van der Waals surface area contributed by atoms with Gasteiger partial charge in [-0.05, 0) is 110 Å². The van der Waals surface area contributed by atoms with Crippen LogP contribution in [-0.2, 0) is 22.6 Å². The topological polar surface area (TPSA) is 51.4 Å². The Kier molecular flexibility index (Phi) is 10.5. The Balaban J connectivity index is 0.000000624. The van der Waals surface area contributed by atoms with Gasteiger partial charge < -0.3 is 14.2 Å². The fourth-order valence-corrected chi connectivity index (χ4v) is 6.48. The number of aromatic nitrogens is 1. The summed E-state index contributed by atoms with van der Waals surface area (Å²) in [4.78, 5) is 21.9. The molecule has 0 aliphatic heterocycles. The highest BCUT2D eigenvalue weighted by Crippen LogP contribution is 2.38. The Morgan fingerprint density at radius 1 is 0.810 bits per heavy atom. The lowest BCUT2D eigenvalue weighted by molar-refractivity contribution is -0.115. The van der Waals surface area contributed by atoms with Crippen molar-refractivity contribution in [2.45, 2.75) is 78.7 Å². The van der Waals surface area contributed by atoms with Crippen LogP contribution < -0.4 is 0 Å². The van der Waals surface area contributed by atoms with Crippen LogP contribution in [0.15, 0.2) is 77.8 Å². The Morgan fingerprint density at radius 3 is 2.07 bits per heavy atom. The van der Waals surface area contributed by atoms with Crippen LogP contribution in [0.25, 0.3) is 32.6 Å². The first kappa shape index (κ1) is 30.9. The quantitative estimate of drug-likeness (QED) is 0.201. The second kappa shape index (κ2) is 14.2. The van der Waals surface area contributed by atoms with Crippen molar-refractivity contribution in [3.8, 4) is 0 Å². The highest BCUT2D eigenvalue weighted by Gasteiger charge is 2.19. The number of benzene rings is 4. The van der Waals surface area contributed by atoms with Crippen molar-refractivity contribution in [3.05, 3.63) is 95.1 Å². The number of carbonyl (C=O) groups excluding carboxylic acids is 2. The van der Waals surface area contributed by atoms with E-state index in [2.05, 4.69) is 96.2 Å². The third-order valence-electron chi connectivity index (χ3n) is 8.49. The van der Waals surface area contributed by atoms with Crippen LogP contribution in [0, 0.1) is 0 Å².